The van der Waals surface area contributed by atoms with E-state index in [4.69, 9.17) is 6.42 Å². The van der Waals surface area contributed by atoms with Gasteiger partial charge in [0.2, 0.25) is 5.95 Å². The molecule has 98 valence electrons. The van der Waals surface area contributed by atoms with Crippen molar-refractivity contribution in [2.45, 2.75) is 6.42 Å². The third-order valence-corrected chi connectivity index (χ3v) is 3.58. The fourth-order valence-electron chi connectivity index (χ4n) is 2.56. The van der Waals surface area contributed by atoms with Gasteiger partial charge in [-0.2, -0.15) is 0 Å². The Bertz CT molecular complexity index is 562. The predicted molar refractivity (Wildman–Crippen MR) is 78.2 cm³/mol. The molecule has 0 saturated carbocycles. The van der Waals surface area contributed by atoms with E-state index in [1.165, 1.54) is 0 Å². The summed E-state index contributed by atoms with van der Waals surface area (Å²) in [7, 11) is 0. The second-order valence-corrected chi connectivity index (χ2v) is 4.90. The molecule has 1 fully saturated rings. The number of terminal acetylenes is 1. The molecule has 0 bridgehead atoms. The second-order valence-electron chi connectivity index (χ2n) is 4.90. The Morgan fingerprint density at radius 3 is 2.95 bits per heavy atom. The zero-order valence-electron chi connectivity index (χ0n) is 11.0. The van der Waals surface area contributed by atoms with Gasteiger partial charge in [0.1, 0.15) is 0 Å². The van der Waals surface area contributed by atoms with Crippen LogP contribution in [0.4, 0.5) is 5.95 Å². The summed E-state index contributed by atoms with van der Waals surface area (Å²) < 4.78 is 0. The van der Waals surface area contributed by atoms with E-state index in [0.717, 1.165) is 56.1 Å². The average molecular weight is 254 g/mol. The fraction of sp³-hybridized carbons (Fsp3) is 0.400. The predicted octanol–water partition coefficient (Wildman–Crippen LogP) is 1.71. The molecule has 1 saturated heterocycles. The van der Waals surface area contributed by atoms with Crippen LogP contribution in [-0.2, 0) is 0 Å². The normalized spacial score (nSPS) is 17.3. The van der Waals surface area contributed by atoms with Crippen LogP contribution in [0.25, 0.3) is 11.0 Å². The third kappa shape index (κ3) is 2.56. The Balaban J connectivity index is 1.77. The van der Waals surface area contributed by atoms with E-state index in [-0.39, 0.29) is 0 Å². The van der Waals surface area contributed by atoms with E-state index in [1.54, 1.807) is 0 Å². The number of rotatable bonds is 2. The lowest BCUT2D eigenvalue weighted by molar-refractivity contribution is 0.330. The van der Waals surface area contributed by atoms with Crippen molar-refractivity contribution in [3.8, 4) is 12.3 Å². The molecule has 0 spiro atoms. The van der Waals surface area contributed by atoms with Gasteiger partial charge in [0, 0.05) is 26.2 Å². The molecule has 2 aromatic rings. The maximum absolute atomic E-state index is 5.38. The number of nitrogens with zero attached hydrogens (tertiary/aromatic N) is 3. The highest BCUT2D eigenvalue weighted by Gasteiger charge is 2.16. The summed E-state index contributed by atoms with van der Waals surface area (Å²) in [6.07, 6.45) is 6.51. The lowest BCUT2D eigenvalue weighted by Crippen LogP contribution is -2.31. The van der Waals surface area contributed by atoms with Gasteiger partial charge in [-0.25, -0.2) is 4.98 Å². The van der Waals surface area contributed by atoms with Crippen molar-refractivity contribution < 1.29 is 0 Å². The molecule has 0 unspecified atom stereocenters. The van der Waals surface area contributed by atoms with Crippen molar-refractivity contribution in [2.75, 3.05) is 37.6 Å². The molecular formula is C15H18N4. The van der Waals surface area contributed by atoms with Crippen LogP contribution < -0.4 is 4.90 Å². The maximum atomic E-state index is 5.38. The van der Waals surface area contributed by atoms with Crippen molar-refractivity contribution in [3.63, 3.8) is 0 Å². The Labute approximate surface area is 113 Å². The number of hydrogen-bond acceptors (Lipinski definition) is 3. The molecular weight excluding hydrogens is 236 g/mol. The number of aromatic amines is 1. The second kappa shape index (κ2) is 5.33. The van der Waals surface area contributed by atoms with Gasteiger partial charge in [-0.3, -0.25) is 4.90 Å². The molecule has 2 heterocycles. The fourth-order valence-corrected chi connectivity index (χ4v) is 2.56. The highest BCUT2D eigenvalue weighted by Crippen LogP contribution is 2.18. The quantitative estimate of drug-likeness (QED) is 0.829. The van der Waals surface area contributed by atoms with E-state index >= 15 is 0 Å². The molecule has 1 aliphatic rings. The van der Waals surface area contributed by atoms with Crippen LogP contribution in [0, 0.1) is 12.3 Å². The molecule has 1 aromatic heterocycles. The van der Waals surface area contributed by atoms with Crippen LogP contribution in [0.3, 0.4) is 0 Å². The lowest BCUT2D eigenvalue weighted by Gasteiger charge is -2.19. The summed E-state index contributed by atoms with van der Waals surface area (Å²) in [5.74, 6) is 3.70. The zero-order valence-corrected chi connectivity index (χ0v) is 11.0. The van der Waals surface area contributed by atoms with Gasteiger partial charge in [0.25, 0.3) is 0 Å². The lowest BCUT2D eigenvalue weighted by atomic mass is 10.3. The minimum atomic E-state index is 0.744. The molecule has 0 amide bonds. The van der Waals surface area contributed by atoms with Crippen LogP contribution in [0.1, 0.15) is 6.42 Å². The minimum Gasteiger partial charge on any atom is -0.341 e. The number of para-hydroxylation sites is 2. The van der Waals surface area contributed by atoms with E-state index in [2.05, 4.69) is 31.8 Å². The molecule has 3 rings (SSSR count). The first-order valence-electron chi connectivity index (χ1n) is 6.72. The van der Waals surface area contributed by atoms with Gasteiger partial charge in [0.05, 0.1) is 17.6 Å². The molecule has 0 aliphatic carbocycles. The Morgan fingerprint density at radius 2 is 2.11 bits per heavy atom. The smallest absolute Gasteiger partial charge is 0.203 e. The number of benzene rings is 1. The number of fused-ring (bicyclic) bond motifs is 1. The monoisotopic (exact) mass is 254 g/mol. The average Bonchev–Trinajstić information content (AvgIpc) is 2.72. The van der Waals surface area contributed by atoms with E-state index in [9.17, 15) is 0 Å². The first kappa shape index (κ1) is 12.1. The maximum Gasteiger partial charge on any atom is 0.203 e. The minimum absolute atomic E-state index is 0.744. The van der Waals surface area contributed by atoms with Gasteiger partial charge in [0.15, 0.2) is 0 Å². The molecule has 4 nitrogen and oxygen atoms in total. The molecule has 1 N–H and O–H groups in total. The molecule has 0 radical (unpaired) electrons. The standard InChI is InChI=1S/C15H18N4/c1-2-8-18-9-5-10-19(12-11-18)15-16-13-6-3-4-7-14(13)17-15/h1,3-4,6-7H,5,8-12H2,(H,16,17). The van der Waals surface area contributed by atoms with Gasteiger partial charge >= 0.3 is 0 Å². The number of anilines is 1. The summed E-state index contributed by atoms with van der Waals surface area (Å²) in [4.78, 5) is 12.7. The van der Waals surface area contributed by atoms with Crippen LogP contribution in [0.5, 0.6) is 0 Å². The van der Waals surface area contributed by atoms with Crippen LogP contribution in [0.15, 0.2) is 24.3 Å². The van der Waals surface area contributed by atoms with E-state index in [0.29, 0.717) is 0 Å². The highest BCUT2D eigenvalue weighted by atomic mass is 15.3. The molecule has 0 atom stereocenters. The van der Waals surface area contributed by atoms with Crippen molar-refractivity contribution >= 4 is 17.0 Å². The molecule has 1 aromatic carbocycles. The van der Waals surface area contributed by atoms with E-state index < -0.39 is 0 Å². The van der Waals surface area contributed by atoms with E-state index in [1.807, 2.05) is 18.2 Å². The first-order valence-corrected chi connectivity index (χ1v) is 6.72. The summed E-state index contributed by atoms with van der Waals surface area (Å²) in [5, 5.41) is 0. The molecule has 1 aliphatic heterocycles. The van der Waals surface area contributed by atoms with Gasteiger partial charge < -0.3 is 9.88 Å². The summed E-state index contributed by atoms with van der Waals surface area (Å²) in [5.41, 5.74) is 2.13. The molecule has 4 heteroatoms. The van der Waals surface area contributed by atoms with Crippen molar-refractivity contribution in [1.29, 1.82) is 0 Å². The van der Waals surface area contributed by atoms with Crippen molar-refractivity contribution in [1.82, 2.24) is 14.9 Å². The summed E-state index contributed by atoms with van der Waals surface area (Å²) in [6, 6.07) is 8.15. The number of H-pyrrole nitrogens is 1. The van der Waals surface area contributed by atoms with Gasteiger partial charge in [-0.05, 0) is 18.6 Å². The van der Waals surface area contributed by atoms with Crippen LogP contribution in [0.2, 0.25) is 0 Å². The summed E-state index contributed by atoms with van der Waals surface area (Å²) in [6.45, 7) is 4.82. The van der Waals surface area contributed by atoms with Crippen LogP contribution in [-0.4, -0.2) is 47.6 Å². The van der Waals surface area contributed by atoms with Gasteiger partial charge in [-0.15, -0.1) is 6.42 Å². The number of hydrogen-bond donors (Lipinski definition) is 1. The van der Waals surface area contributed by atoms with Gasteiger partial charge in [-0.1, -0.05) is 18.1 Å². The van der Waals surface area contributed by atoms with Crippen molar-refractivity contribution in [2.24, 2.45) is 0 Å². The topological polar surface area (TPSA) is 35.2 Å². The van der Waals surface area contributed by atoms with Crippen molar-refractivity contribution in [3.05, 3.63) is 24.3 Å². The first-order chi connectivity index (χ1) is 9.36. The summed E-state index contributed by atoms with van der Waals surface area (Å²) >= 11 is 0. The Morgan fingerprint density at radius 1 is 1.21 bits per heavy atom. The SMILES string of the molecule is C#CCN1CCCN(c2nc3ccccc3[nH]2)CC1. The largest absolute Gasteiger partial charge is 0.341 e. The number of imidazole rings is 1. The Hall–Kier alpha value is -1.99. The number of nitrogens with one attached hydrogen (secondary N) is 1. The highest BCUT2D eigenvalue weighted by molar-refractivity contribution is 5.77. The Kier molecular flexibility index (Phi) is 3.39. The molecule has 19 heavy (non-hydrogen) atoms. The number of aromatic nitrogens is 2. The zero-order chi connectivity index (χ0) is 13.1. The van der Waals surface area contributed by atoms with Crippen LogP contribution >= 0.6 is 0 Å². The third-order valence-electron chi connectivity index (χ3n) is 3.58.